The summed E-state index contributed by atoms with van der Waals surface area (Å²) in [4.78, 5) is 40.8. The number of nitrogens with zero attached hydrogens (tertiary/aromatic N) is 2. The molecule has 0 spiro atoms. The molecule has 4 rings (SSSR count). The van der Waals surface area contributed by atoms with Gasteiger partial charge in [0.15, 0.2) is 0 Å². The molecule has 0 unspecified atom stereocenters. The van der Waals surface area contributed by atoms with Crippen LogP contribution >= 0.6 is 0 Å². The van der Waals surface area contributed by atoms with Gasteiger partial charge in [0.05, 0.1) is 6.54 Å². The van der Waals surface area contributed by atoms with E-state index in [1.807, 2.05) is 41.3 Å². The molecule has 1 saturated heterocycles. The Labute approximate surface area is 167 Å². The summed E-state index contributed by atoms with van der Waals surface area (Å²) in [7, 11) is 0. The third kappa shape index (κ3) is 4.35. The van der Waals surface area contributed by atoms with Crippen LogP contribution in [0.1, 0.15) is 10.4 Å². The van der Waals surface area contributed by atoms with Gasteiger partial charge in [-0.2, -0.15) is 0 Å². The number of nitrogens with one attached hydrogen (secondary N) is 1. The highest BCUT2D eigenvalue weighted by Crippen LogP contribution is 2.15. The Morgan fingerprint density at radius 1 is 0.931 bits per heavy atom. The Kier molecular flexibility index (Phi) is 5.39. The van der Waals surface area contributed by atoms with E-state index >= 15 is 0 Å². The van der Waals surface area contributed by atoms with Crippen molar-refractivity contribution in [3.8, 4) is 0 Å². The summed E-state index contributed by atoms with van der Waals surface area (Å²) in [5, 5.41) is 3.57. The molecule has 2 amide bonds. The molecule has 0 saturated carbocycles. The standard InChI is InChI=1S/C22H21N3O4/c26-20(23-17-7-2-1-3-8-17)15-24-10-12-25(13-11-24)21(27)18-14-16-6-4-5-9-19(16)29-22(18)28/h1-9,14H,10-13,15H2,(H,23,26). The van der Waals surface area contributed by atoms with Crippen LogP contribution in [0.15, 0.2) is 69.9 Å². The van der Waals surface area contributed by atoms with Crippen molar-refractivity contribution in [1.29, 1.82) is 0 Å². The van der Waals surface area contributed by atoms with Crippen molar-refractivity contribution in [3.05, 3.63) is 76.6 Å². The second kappa shape index (κ2) is 8.28. The van der Waals surface area contributed by atoms with Gasteiger partial charge in [0.25, 0.3) is 5.91 Å². The summed E-state index contributed by atoms with van der Waals surface area (Å²) < 4.78 is 5.27. The SMILES string of the molecule is O=C(CN1CCN(C(=O)c2cc3ccccc3oc2=O)CC1)Nc1ccccc1. The summed E-state index contributed by atoms with van der Waals surface area (Å²) in [6.07, 6.45) is 0. The minimum atomic E-state index is -0.627. The first-order valence-corrected chi connectivity index (χ1v) is 9.49. The van der Waals surface area contributed by atoms with Crippen molar-refractivity contribution in [2.75, 3.05) is 38.0 Å². The largest absolute Gasteiger partial charge is 0.422 e. The van der Waals surface area contributed by atoms with Crippen LogP contribution in [0.2, 0.25) is 0 Å². The Morgan fingerprint density at radius 3 is 2.38 bits per heavy atom. The molecular weight excluding hydrogens is 370 g/mol. The lowest BCUT2D eigenvalue weighted by Crippen LogP contribution is -2.51. The zero-order valence-electron chi connectivity index (χ0n) is 15.8. The molecule has 148 valence electrons. The molecule has 0 atom stereocenters. The molecule has 1 aromatic heterocycles. The average Bonchev–Trinajstić information content (AvgIpc) is 2.74. The monoisotopic (exact) mass is 391 g/mol. The first-order valence-electron chi connectivity index (χ1n) is 9.49. The maximum absolute atomic E-state index is 12.8. The summed E-state index contributed by atoms with van der Waals surface area (Å²) >= 11 is 0. The van der Waals surface area contributed by atoms with Crippen molar-refractivity contribution in [2.24, 2.45) is 0 Å². The molecule has 0 aliphatic carbocycles. The third-order valence-corrected chi connectivity index (χ3v) is 4.96. The smallest absolute Gasteiger partial charge is 0.349 e. The number of piperazine rings is 1. The van der Waals surface area contributed by atoms with Gasteiger partial charge in [-0.1, -0.05) is 36.4 Å². The summed E-state index contributed by atoms with van der Waals surface area (Å²) in [5.74, 6) is -0.427. The van der Waals surface area contributed by atoms with E-state index in [2.05, 4.69) is 5.32 Å². The van der Waals surface area contributed by atoms with E-state index in [1.165, 1.54) is 0 Å². The van der Waals surface area contributed by atoms with Crippen LogP contribution in [-0.4, -0.2) is 54.3 Å². The van der Waals surface area contributed by atoms with Crippen molar-refractivity contribution >= 4 is 28.5 Å². The Balaban J connectivity index is 1.36. The number of carbonyl (C=O) groups excluding carboxylic acids is 2. The lowest BCUT2D eigenvalue weighted by atomic mass is 10.1. The van der Waals surface area contributed by atoms with Crippen LogP contribution in [0.4, 0.5) is 5.69 Å². The second-order valence-corrected chi connectivity index (χ2v) is 6.97. The van der Waals surface area contributed by atoms with E-state index in [4.69, 9.17) is 4.42 Å². The molecule has 3 aromatic rings. The molecule has 2 heterocycles. The number of carbonyl (C=O) groups is 2. The van der Waals surface area contributed by atoms with Crippen molar-refractivity contribution in [3.63, 3.8) is 0 Å². The topological polar surface area (TPSA) is 82.9 Å². The van der Waals surface area contributed by atoms with Crippen LogP contribution < -0.4 is 10.9 Å². The normalized spacial score (nSPS) is 14.7. The maximum atomic E-state index is 12.8. The fraction of sp³-hybridized carbons (Fsp3) is 0.227. The van der Waals surface area contributed by atoms with Gasteiger partial charge in [0, 0.05) is 37.3 Å². The molecule has 0 bridgehead atoms. The van der Waals surface area contributed by atoms with Gasteiger partial charge in [-0.15, -0.1) is 0 Å². The highest BCUT2D eigenvalue weighted by Gasteiger charge is 2.25. The number of benzene rings is 2. The molecule has 2 aromatic carbocycles. The van der Waals surface area contributed by atoms with Crippen LogP contribution in [0.5, 0.6) is 0 Å². The Hall–Kier alpha value is -3.45. The van der Waals surface area contributed by atoms with E-state index in [0.717, 1.165) is 5.69 Å². The molecule has 1 N–H and O–H groups in total. The van der Waals surface area contributed by atoms with Gasteiger partial charge in [-0.05, 0) is 24.3 Å². The van der Waals surface area contributed by atoms with E-state index in [1.54, 1.807) is 29.2 Å². The van der Waals surface area contributed by atoms with Gasteiger partial charge in [0.1, 0.15) is 11.1 Å². The zero-order chi connectivity index (χ0) is 20.2. The third-order valence-electron chi connectivity index (χ3n) is 4.96. The lowest BCUT2D eigenvalue weighted by molar-refractivity contribution is -0.117. The predicted molar refractivity (Wildman–Crippen MR) is 110 cm³/mol. The maximum Gasteiger partial charge on any atom is 0.349 e. The fourth-order valence-corrected chi connectivity index (χ4v) is 3.42. The average molecular weight is 391 g/mol. The Bertz CT molecular complexity index is 1090. The molecule has 7 nitrogen and oxygen atoms in total. The van der Waals surface area contributed by atoms with Gasteiger partial charge in [-0.3, -0.25) is 14.5 Å². The number of para-hydroxylation sites is 2. The summed E-state index contributed by atoms with van der Waals surface area (Å²) in [6, 6.07) is 18.0. The van der Waals surface area contributed by atoms with Crippen LogP contribution in [0.25, 0.3) is 11.0 Å². The van der Waals surface area contributed by atoms with Gasteiger partial charge < -0.3 is 14.6 Å². The number of hydrogen-bond donors (Lipinski definition) is 1. The van der Waals surface area contributed by atoms with Crippen molar-refractivity contribution in [2.45, 2.75) is 0 Å². The van der Waals surface area contributed by atoms with Gasteiger partial charge in [0.2, 0.25) is 5.91 Å². The second-order valence-electron chi connectivity index (χ2n) is 6.97. The molecule has 29 heavy (non-hydrogen) atoms. The predicted octanol–water partition coefficient (Wildman–Crippen LogP) is 2.19. The highest BCUT2D eigenvalue weighted by atomic mass is 16.4. The van der Waals surface area contributed by atoms with Crippen molar-refractivity contribution < 1.29 is 14.0 Å². The Morgan fingerprint density at radius 2 is 1.62 bits per heavy atom. The first-order chi connectivity index (χ1) is 14.1. The van der Waals surface area contributed by atoms with Crippen LogP contribution in [0, 0.1) is 0 Å². The lowest BCUT2D eigenvalue weighted by Gasteiger charge is -2.34. The number of anilines is 1. The molecule has 7 heteroatoms. The van der Waals surface area contributed by atoms with Gasteiger partial charge >= 0.3 is 5.63 Å². The minimum absolute atomic E-state index is 0.0407. The first kappa shape index (κ1) is 18.9. The number of rotatable bonds is 4. The highest BCUT2D eigenvalue weighted by molar-refractivity contribution is 5.96. The minimum Gasteiger partial charge on any atom is -0.422 e. The van der Waals surface area contributed by atoms with Gasteiger partial charge in [-0.25, -0.2) is 4.79 Å². The number of fused-ring (bicyclic) bond motifs is 1. The molecule has 1 fully saturated rings. The zero-order valence-corrected chi connectivity index (χ0v) is 15.8. The van der Waals surface area contributed by atoms with Crippen LogP contribution in [0.3, 0.4) is 0 Å². The number of amides is 2. The van der Waals surface area contributed by atoms with E-state index in [9.17, 15) is 14.4 Å². The molecule has 1 aliphatic rings. The molecular formula is C22H21N3O4. The molecule has 0 radical (unpaired) electrons. The quantitative estimate of drug-likeness (QED) is 0.690. The van der Waals surface area contributed by atoms with E-state index in [-0.39, 0.29) is 23.9 Å². The summed E-state index contributed by atoms with van der Waals surface area (Å²) in [5.41, 5.74) is 0.634. The van der Waals surface area contributed by atoms with Crippen LogP contribution in [-0.2, 0) is 4.79 Å². The number of hydrogen-bond acceptors (Lipinski definition) is 5. The van der Waals surface area contributed by atoms with Crippen molar-refractivity contribution in [1.82, 2.24) is 9.80 Å². The summed E-state index contributed by atoms with van der Waals surface area (Å²) in [6.45, 7) is 2.28. The van der Waals surface area contributed by atoms with E-state index < -0.39 is 5.63 Å². The fourth-order valence-electron chi connectivity index (χ4n) is 3.42. The molecule has 1 aliphatic heterocycles. The van der Waals surface area contributed by atoms with E-state index in [0.29, 0.717) is 37.1 Å².